The zero-order chi connectivity index (χ0) is 13.4. The van der Waals surface area contributed by atoms with E-state index in [0.29, 0.717) is 13.0 Å². The number of hydrogen-bond acceptors (Lipinski definition) is 3. The lowest BCUT2D eigenvalue weighted by Crippen LogP contribution is -2.39. The van der Waals surface area contributed by atoms with Gasteiger partial charge in [-0.2, -0.15) is 0 Å². The molecule has 18 heavy (non-hydrogen) atoms. The number of nitrogens with zero attached hydrogens (tertiary/aromatic N) is 1. The number of aliphatic hydroxyl groups is 1. The minimum atomic E-state index is -0.269. The molecule has 1 rings (SSSR count). The Balaban J connectivity index is 2.76. The van der Waals surface area contributed by atoms with Crippen molar-refractivity contribution in [3.63, 3.8) is 0 Å². The molecule has 1 amide bonds. The van der Waals surface area contributed by atoms with Crippen LogP contribution in [0.25, 0.3) is 0 Å². The third-order valence-electron chi connectivity index (χ3n) is 2.94. The second-order valence-electron chi connectivity index (χ2n) is 4.25. The summed E-state index contributed by atoms with van der Waals surface area (Å²) < 4.78 is 0. The van der Waals surface area contributed by atoms with Crippen molar-refractivity contribution >= 4 is 5.91 Å². The van der Waals surface area contributed by atoms with E-state index in [0.717, 1.165) is 12.1 Å². The summed E-state index contributed by atoms with van der Waals surface area (Å²) in [4.78, 5) is 14.2. The maximum Gasteiger partial charge on any atom is 0.241 e. The monoisotopic (exact) mass is 250 g/mol. The number of hydrogen-bond donors (Lipinski definition) is 2. The standard InChI is InChI=1S/C14H22N2O2/c1-3-16(2)13(12-8-5-4-6-9-12)14(18)15-10-7-11-17/h4-6,8-9,13,17H,3,7,10-11H2,1-2H3,(H,15,18). The number of carbonyl (C=O) groups is 1. The summed E-state index contributed by atoms with van der Waals surface area (Å²) in [5, 5.41) is 11.6. The van der Waals surface area contributed by atoms with Gasteiger partial charge in [-0.3, -0.25) is 9.69 Å². The highest BCUT2D eigenvalue weighted by Crippen LogP contribution is 2.18. The molecule has 100 valence electrons. The fraction of sp³-hybridized carbons (Fsp3) is 0.500. The second kappa shape index (κ2) is 7.84. The Bertz CT molecular complexity index is 354. The lowest BCUT2D eigenvalue weighted by molar-refractivity contribution is -0.126. The Labute approximate surface area is 109 Å². The Kier molecular flexibility index (Phi) is 6.39. The predicted molar refractivity (Wildman–Crippen MR) is 72.2 cm³/mol. The molecule has 0 saturated carbocycles. The van der Waals surface area contributed by atoms with Crippen LogP contribution in [0.3, 0.4) is 0 Å². The first-order chi connectivity index (χ1) is 8.70. The molecule has 0 spiro atoms. The topological polar surface area (TPSA) is 52.6 Å². The molecule has 4 nitrogen and oxygen atoms in total. The Morgan fingerprint density at radius 1 is 1.39 bits per heavy atom. The summed E-state index contributed by atoms with van der Waals surface area (Å²) in [5.41, 5.74) is 0.989. The maximum atomic E-state index is 12.2. The van der Waals surface area contributed by atoms with Gasteiger partial charge < -0.3 is 10.4 Å². The third-order valence-corrected chi connectivity index (χ3v) is 2.94. The van der Waals surface area contributed by atoms with Gasteiger partial charge in [0.25, 0.3) is 0 Å². The minimum Gasteiger partial charge on any atom is -0.396 e. The van der Waals surface area contributed by atoms with Gasteiger partial charge in [-0.1, -0.05) is 37.3 Å². The molecule has 4 heteroatoms. The number of nitrogens with one attached hydrogen (secondary N) is 1. The van der Waals surface area contributed by atoms with Crippen LogP contribution in [0.15, 0.2) is 30.3 Å². The summed E-state index contributed by atoms with van der Waals surface area (Å²) >= 11 is 0. The Morgan fingerprint density at radius 2 is 2.06 bits per heavy atom. The molecule has 0 heterocycles. The SMILES string of the molecule is CCN(C)C(C(=O)NCCCO)c1ccccc1. The van der Waals surface area contributed by atoms with Crippen LogP contribution in [0.2, 0.25) is 0 Å². The highest BCUT2D eigenvalue weighted by Gasteiger charge is 2.23. The van der Waals surface area contributed by atoms with E-state index in [9.17, 15) is 4.79 Å². The highest BCUT2D eigenvalue weighted by molar-refractivity contribution is 5.83. The van der Waals surface area contributed by atoms with Gasteiger partial charge >= 0.3 is 0 Å². The van der Waals surface area contributed by atoms with Crippen molar-refractivity contribution in [1.29, 1.82) is 0 Å². The summed E-state index contributed by atoms with van der Waals surface area (Å²) in [6, 6.07) is 9.47. The minimum absolute atomic E-state index is 0.0148. The maximum absolute atomic E-state index is 12.2. The lowest BCUT2D eigenvalue weighted by Gasteiger charge is -2.26. The molecular formula is C14H22N2O2. The smallest absolute Gasteiger partial charge is 0.241 e. The fourth-order valence-electron chi connectivity index (χ4n) is 1.81. The highest BCUT2D eigenvalue weighted by atomic mass is 16.3. The van der Waals surface area contributed by atoms with E-state index in [4.69, 9.17) is 5.11 Å². The number of amides is 1. The Hall–Kier alpha value is -1.39. The van der Waals surface area contributed by atoms with Crippen LogP contribution in [0.4, 0.5) is 0 Å². The molecule has 0 aliphatic carbocycles. The van der Waals surface area contributed by atoms with Crippen molar-refractivity contribution in [2.75, 3.05) is 26.7 Å². The second-order valence-corrected chi connectivity index (χ2v) is 4.25. The van der Waals surface area contributed by atoms with Crippen LogP contribution in [-0.4, -0.2) is 42.7 Å². The van der Waals surface area contributed by atoms with E-state index in [1.54, 1.807) is 0 Å². The van der Waals surface area contributed by atoms with Gasteiger partial charge in [0, 0.05) is 13.2 Å². The lowest BCUT2D eigenvalue weighted by atomic mass is 10.0. The van der Waals surface area contributed by atoms with E-state index in [2.05, 4.69) is 5.32 Å². The van der Waals surface area contributed by atoms with Crippen molar-refractivity contribution in [1.82, 2.24) is 10.2 Å². The van der Waals surface area contributed by atoms with E-state index in [1.807, 2.05) is 49.2 Å². The first-order valence-electron chi connectivity index (χ1n) is 6.34. The van der Waals surface area contributed by atoms with Crippen LogP contribution in [0.1, 0.15) is 24.9 Å². The van der Waals surface area contributed by atoms with Crippen molar-refractivity contribution in [3.05, 3.63) is 35.9 Å². The molecule has 0 aliphatic rings. The molecule has 1 atom stereocenters. The average molecular weight is 250 g/mol. The molecule has 1 aromatic rings. The molecule has 1 unspecified atom stereocenters. The molecule has 0 aromatic heterocycles. The predicted octanol–water partition coefficient (Wildman–Crippen LogP) is 1.18. The van der Waals surface area contributed by atoms with Gasteiger partial charge in [0.15, 0.2) is 0 Å². The van der Waals surface area contributed by atoms with Crippen molar-refractivity contribution in [2.45, 2.75) is 19.4 Å². The largest absolute Gasteiger partial charge is 0.396 e. The van der Waals surface area contributed by atoms with Crippen LogP contribution < -0.4 is 5.32 Å². The fourth-order valence-corrected chi connectivity index (χ4v) is 1.81. The molecule has 2 N–H and O–H groups in total. The van der Waals surface area contributed by atoms with E-state index >= 15 is 0 Å². The molecule has 0 fully saturated rings. The molecule has 0 saturated heterocycles. The molecule has 1 aromatic carbocycles. The molecule has 0 radical (unpaired) electrons. The third kappa shape index (κ3) is 4.13. The van der Waals surface area contributed by atoms with Crippen molar-refractivity contribution in [3.8, 4) is 0 Å². The van der Waals surface area contributed by atoms with Gasteiger partial charge in [0.05, 0.1) is 0 Å². The first kappa shape index (κ1) is 14.7. The summed E-state index contributed by atoms with van der Waals surface area (Å²) in [5.74, 6) is -0.0148. The van der Waals surface area contributed by atoms with Crippen LogP contribution in [-0.2, 0) is 4.79 Å². The molecule has 0 aliphatic heterocycles. The van der Waals surface area contributed by atoms with E-state index < -0.39 is 0 Å². The van der Waals surface area contributed by atoms with Crippen LogP contribution >= 0.6 is 0 Å². The quantitative estimate of drug-likeness (QED) is 0.714. The van der Waals surface area contributed by atoms with Gasteiger partial charge in [-0.15, -0.1) is 0 Å². The van der Waals surface area contributed by atoms with Gasteiger partial charge in [-0.25, -0.2) is 0 Å². The van der Waals surface area contributed by atoms with E-state index in [1.165, 1.54) is 0 Å². The van der Waals surface area contributed by atoms with Gasteiger partial charge in [0.1, 0.15) is 6.04 Å². The number of benzene rings is 1. The summed E-state index contributed by atoms with van der Waals surface area (Å²) in [6.07, 6.45) is 0.586. The van der Waals surface area contributed by atoms with Crippen LogP contribution in [0, 0.1) is 0 Å². The van der Waals surface area contributed by atoms with E-state index in [-0.39, 0.29) is 18.6 Å². The number of rotatable bonds is 7. The van der Waals surface area contributed by atoms with Crippen LogP contribution in [0.5, 0.6) is 0 Å². The number of likely N-dealkylation sites (N-methyl/N-ethyl adjacent to an activating group) is 1. The van der Waals surface area contributed by atoms with Crippen molar-refractivity contribution < 1.29 is 9.90 Å². The Morgan fingerprint density at radius 3 is 2.61 bits per heavy atom. The average Bonchev–Trinajstić information content (AvgIpc) is 2.40. The van der Waals surface area contributed by atoms with Gasteiger partial charge in [0.2, 0.25) is 5.91 Å². The first-order valence-corrected chi connectivity index (χ1v) is 6.34. The number of carbonyl (C=O) groups excluding carboxylic acids is 1. The van der Waals surface area contributed by atoms with Crippen molar-refractivity contribution in [2.24, 2.45) is 0 Å². The summed E-state index contributed by atoms with van der Waals surface area (Å²) in [7, 11) is 1.93. The zero-order valence-corrected chi connectivity index (χ0v) is 11.1. The normalized spacial score (nSPS) is 12.4. The number of aliphatic hydroxyl groups excluding tert-OH is 1. The molecule has 0 bridgehead atoms. The zero-order valence-electron chi connectivity index (χ0n) is 11.1. The summed E-state index contributed by atoms with van der Waals surface area (Å²) in [6.45, 7) is 3.43. The van der Waals surface area contributed by atoms with Gasteiger partial charge in [-0.05, 0) is 25.6 Å². The molecular weight excluding hydrogens is 228 g/mol.